The van der Waals surface area contributed by atoms with Crippen LogP contribution in [0.15, 0.2) is 29.2 Å². The van der Waals surface area contributed by atoms with Gasteiger partial charge in [0, 0.05) is 16.2 Å². The van der Waals surface area contributed by atoms with Crippen LogP contribution in [0.3, 0.4) is 0 Å². The lowest BCUT2D eigenvalue weighted by Gasteiger charge is -2.18. The largest absolute Gasteiger partial charge is 0.328 e. The SMILES string of the molecule is CC(N)Cc1ccccc1SC(C)C(C)C. The van der Waals surface area contributed by atoms with E-state index in [-0.39, 0.29) is 6.04 Å². The van der Waals surface area contributed by atoms with Gasteiger partial charge in [0.1, 0.15) is 0 Å². The summed E-state index contributed by atoms with van der Waals surface area (Å²) in [4.78, 5) is 1.39. The molecule has 0 saturated heterocycles. The van der Waals surface area contributed by atoms with Crippen LogP contribution in [0.1, 0.15) is 33.3 Å². The summed E-state index contributed by atoms with van der Waals surface area (Å²) in [7, 11) is 0. The van der Waals surface area contributed by atoms with Crippen molar-refractivity contribution >= 4 is 11.8 Å². The van der Waals surface area contributed by atoms with Crippen molar-refractivity contribution in [1.82, 2.24) is 0 Å². The summed E-state index contributed by atoms with van der Waals surface area (Å²) in [6.45, 7) is 8.89. The highest BCUT2D eigenvalue weighted by Crippen LogP contribution is 2.30. The fourth-order valence-corrected chi connectivity index (χ4v) is 2.60. The third-order valence-corrected chi connectivity index (χ3v) is 4.33. The summed E-state index contributed by atoms with van der Waals surface area (Å²) in [5.74, 6) is 0.702. The Morgan fingerprint density at radius 2 is 1.75 bits per heavy atom. The van der Waals surface area contributed by atoms with Crippen LogP contribution in [0, 0.1) is 5.92 Å². The van der Waals surface area contributed by atoms with Gasteiger partial charge >= 0.3 is 0 Å². The summed E-state index contributed by atoms with van der Waals surface area (Å²) in [5.41, 5.74) is 7.26. The van der Waals surface area contributed by atoms with Crippen molar-refractivity contribution in [2.24, 2.45) is 11.7 Å². The second kappa shape index (κ2) is 6.31. The average Bonchev–Trinajstić information content (AvgIpc) is 2.20. The van der Waals surface area contributed by atoms with Crippen LogP contribution >= 0.6 is 11.8 Å². The van der Waals surface area contributed by atoms with E-state index in [1.165, 1.54) is 10.5 Å². The molecule has 1 nitrogen and oxygen atoms in total. The molecule has 0 aliphatic rings. The Morgan fingerprint density at radius 3 is 2.31 bits per heavy atom. The van der Waals surface area contributed by atoms with E-state index in [9.17, 15) is 0 Å². The highest BCUT2D eigenvalue weighted by molar-refractivity contribution is 8.00. The molecule has 0 bridgehead atoms. The monoisotopic (exact) mass is 237 g/mol. The maximum Gasteiger partial charge on any atom is 0.0107 e. The molecule has 0 fully saturated rings. The van der Waals surface area contributed by atoms with Crippen molar-refractivity contribution in [3.8, 4) is 0 Å². The highest BCUT2D eigenvalue weighted by atomic mass is 32.2. The minimum Gasteiger partial charge on any atom is -0.328 e. The zero-order valence-electron chi connectivity index (χ0n) is 10.7. The summed E-state index contributed by atoms with van der Waals surface area (Å²) in [6, 6.07) is 8.85. The zero-order valence-corrected chi connectivity index (χ0v) is 11.6. The van der Waals surface area contributed by atoms with E-state index in [4.69, 9.17) is 5.73 Å². The number of hydrogen-bond acceptors (Lipinski definition) is 2. The number of benzene rings is 1. The summed E-state index contributed by atoms with van der Waals surface area (Å²) in [6.07, 6.45) is 0.966. The van der Waals surface area contributed by atoms with Gasteiger partial charge in [-0.1, -0.05) is 39.0 Å². The van der Waals surface area contributed by atoms with E-state index in [1.807, 2.05) is 11.8 Å². The minimum absolute atomic E-state index is 0.233. The molecule has 0 heterocycles. The first-order chi connectivity index (χ1) is 7.50. The van der Waals surface area contributed by atoms with Gasteiger partial charge in [-0.15, -0.1) is 11.8 Å². The first-order valence-corrected chi connectivity index (χ1v) is 6.88. The van der Waals surface area contributed by atoms with E-state index in [2.05, 4.69) is 52.0 Å². The van der Waals surface area contributed by atoms with Crippen LogP contribution < -0.4 is 5.73 Å². The van der Waals surface area contributed by atoms with E-state index in [1.54, 1.807) is 0 Å². The molecule has 0 aromatic heterocycles. The predicted octanol–water partition coefficient (Wildman–Crippen LogP) is 3.71. The van der Waals surface area contributed by atoms with E-state index < -0.39 is 0 Å². The maximum atomic E-state index is 5.87. The molecular weight excluding hydrogens is 214 g/mol. The molecule has 2 N–H and O–H groups in total. The van der Waals surface area contributed by atoms with Gasteiger partial charge < -0.3 is 5.73 Å². The second-order valence-corrected chi connectivity index (χ2v) is 6.28. The van der Waals surface area contributed by atoms with Crippen molar-refractivity contribution < 1.29 is 0 Å². The summed E-state index contributed by atoms with van der Waals surface area (Å²) >= 11 is 1.96. The van der Waals surface area contributed by atoms with Crippen molar-refractivity contribution in [2.75, 3.05) is 0 Å². The average molecular weight is 237 g/mol. The molecule has 1 rings (SSSR count). The Balaban J connectivity index is 2.78. The lowest BCUT2D eigenvalue weighted by atomic mass is 10.1. The Kier molecular flexibility index (Phi) is 5.36. The number of hydrogen-bond donors (Lipinski definition) is 1. The fraction of sp³-hybridized carbons (Fsp3) is 0.571. The van der Waals surface area contributed by atoms with Crippen LogP contribution in [-0.2, 0) is 6.42 Å². The molecule has 1 aromatic rings. The second-order valence-electron chi connectivity index (χ2n) is 4.86. The molecule has 16 heavy (non-hydrogen) atoms. The van der Waals surface area contributed by atoms with Gasteiger partial charge in [-0.2, -0.15) is 0 Å². The molecule has 0 aliphatic heterocycles. The van der Waals surface area contributed by atoms with E-state index in [0.29, 0.717) is 11.2 Å². The van der Waals surface area contributed by atoms with Gasteiger partial charge in [0.25, 0.3) is 0 Å². The zero-order chi connectivity index (χ0) is 12.1. The van der Waals surface area contributed by atoms with Crippen LogP contribution in [0.5, 0.6) is 0 Å². The Labute approximate surface area is 104 Å². The number of nitrogens with two attached hydrogens (primary N) is 1. The first-order valence-electron chi connectivity index (χ1n) is 6.01. The lowest BCUT2D eigenvalue weighted by Crippen LogP contribution is -2.18. The molecule has 1 aromatic carbocycles. The van der Waals surface area contributed by atoms with E-state index in [0.717, 1.165) is 6.42 Å². The third-order valence-electron chi connectivity index (χ3n) is 2.77. The molecule has 2 heteroatoms. The van der Waals surface area contributed by atoms with Gasteiger partial charge in [0.15, 0.2) is 0 Å². The Bertz CT molecular complexity index is 320. The first kappa shape index (κ1) is 13.6. The van der Waals surface area contributed by atoms with Gasteiger partial charge in [-0.05, 0) is 30.9 Å². The molecule has 0 spiro atoms. The maximum absolute atomic E-state index is 5.87. The van der Waals surface area contributed by atoms with Crippen LogP contribution in [0.4, 0.5) is 0 Å². The normalized spacial score (nSPS) is 15.1. The van der Waals surface area contributed by atoms with Gasteiger partial charge in [-0.25, -0.2) is 0 Å². The van der Waals surface area contributed by atoms with Gasteiger partial charge in [-0.3, -0.25) is 0 Å². The minimum atomic E-state index is 0.233. The highest BCUT2D eigenvalue weighted by Gasteiger charge is 2.11. The molecule has 0 aliphatic carbocycles. The van der Waals surface area contributed by atoms with Crippen LogP contribution in [-0.4, -0.2) is 11.3 Å². The van der Waals surface area contributed by atoms with Crippen molar-refractivity contribution in [2.45, 2.75) is 50.3 Å². The third kappa shape index (κ3) is 4.18. The smallest absolute Gasteiger partial charge is 0.0107 e. The standard InChI is InChI=1S/C14H23NS/c1-10(2)12(4)16-14-8-6-5-7-13(14)9-11(3)15/h5-8,10-12H,9,15H2,1-4H3. The van der Waals surface area contributed by atoms with Gasteiger partial charge in [0.05, 0.1) is 0 Å². The van der Waals surface area contributed by atoms with Gasteiger partial charge in [0.2, 0.25) is 0 Å². The molecule has 0 amide bonds. The lowest BCUT2D eigenvalue weighted by molar-refractivity contribution is 0.641. The van der Waals surface area contributed by atoms with Crippen molar-refractivity contribution in [1.29, 1.82) is 0 Å². The quantitative estimate of drug-likeness (QED) is 0.790. The van der Waals surface area contributed by atoms with Crippen LogP contribution in [0.2, 0.25) is 0 Å². The fourth-order valence-electron chi connectivity index (χ4n) is 1.47. The van der Waals surface area contributed by atoms with E-state index >= 15 is 0 Å². The Hall–Kier alpha value is -0.470. The molecule has 90 valence electrons. The molecule has 2 atom stereocenters. The molecular formula is C14H23NS. The number of thioether (sulfide) groups is 1. The molecule has 0 radical (unpaired) electrons. The van der Waals surface area contributed by atoms with Crippen molar-refractivity contribution in [3.63, 3.8) is 0 Å². The number of rotatable bonds is 5. The Morgan fingerprint density at radius 1 is 1.12 bits per heavy atom. The predicted molar refractivity (Wildman–Crippen MR) is 74.0 cm³/mol. The van der Waals surface area contributed by atoms with Crippen LogP contribution in [0.25, 0.3) is 0 Å². The summed E-state index contributed by atoms with van der Waals surface area (Å²) < 4.78 is 0. The molecule has 0 saturated carbocycles. The summed E-state index contributed by atoms with van der Waals surface area (Å²) in [5, 5.41) is 0.647. The molecule has 2 unspecified atom stereocenters. The topological polar surface area (TPSA) is 26.0 Å². The van der Waals surface area contributed by atoms with Crippen molar-refractivity contribution in [3.05, 3.63) is 29.8 Å².